The number of hydrogen-bond acceptors (Lipinski definition) is 3. The van der Waals surface area contributed by atoms with E-state index < -0.39 is 0 Å². The van der Waals surface area contributed by atoms with Gasteiger partial charge in [0.25, 0.3) is 0 Å². The van der Waals surface area contributed by atoms with Crippen LogP contribution in [0.15, 0.2) is 5.51 Å². The molecule has 1 N–H and O–H groups in total. The number of thiazole rings is 1. The van der Waals surface area contributed by atoms with Gasteiger partial charge in [-0.2, -0.15) is 0 Å². The quantitative estimate of drug-likeness (QED) is 0.867. The standard InChI is InChI=1S/C16H28N2S/c1-11-15(19-10-17-11)12(2)18-14-9-7-6-8-13(14)16(3,4)5/h10,12-14,18H,6-9H2,1-5H3. The average molecular weight is 280 g/mol. The second kappa shape index (κ2) is 5.92. The fourth-order valence-electron chi connectivity index (χ4n) is 3.49. The molecule has 0 radical (unpaired) electrons. The second-order valence-corrected chi connectivity index (χ2v) is 7.94. The summed E-state index contributed by atoms with van der Waals surface area (Å²) >= 11 is 1.78. The SMILES string of the molecule is Cc1ncsc1C(C)NC1CCCCC1C(C)(C)C. The molecule has 3 heteroatoms. The van der Waals surface area contributed by atoms with Crippen molar-refractivity contribution in [3.05, 3.63) is 16.1 Å². The molecule has 0 aromatic carbocycles. The van der Waals surface area contributed by atoms with Crippen LogP contribution in [0.1, 0.15) is 70.0 Å². The molecule has 1 aromatic heterocycles. The molecule has 1 saturated carbocycles. The molecule has 0 aliphatic heterocycles. The zero-order valence-electron chi connectivity index (χ0n) is 13.0. The fraction of sp³-hybridized carbons (Fsp3) is 0.812. The van der Waals surface area contributed by atoms with Gasteiger partial charge >= 0.3 is 0 Å². The van der Waals surface area contributed by atoms with Gasteiger partial charge in [0, 0.05) is 17.0 Å². The first-order valence-electron chi connectivity index (χ1n) is 7.55. The van der Waals surface area contributed by atoms with Crippen molar-refractivity contribution in [1.29, 1.82) is 0 Å². The topological polar surface area (TPSA) is 24.9 Å². The smallest absolute Gasteiger partial charge is 0.0798 e. The molecule has 1 aromatic rings. The summed E-state index contributed by atoms with van der Waals surface area (Å²) in [4.78, 5) is 5.78. The lowest BCUT2D eigenvalue weighted by atomic mass is 9.69. The van der Waals surface area contributed by atoms with Crippen molar-refractivity contribution in [2.75, 3.05) is 0 Å². The van der Waals surface area contributed by atoms with Gasteiger partial charge < -0.3 is 5.32 Å². The predicted octanol–water partition coefficient (Wildman–Crippen LogP) is 4.71. The molecule has 3 unspecified atom stereocenters. The lowest BCUT2D eigenvalue weighted by Gasteiger charge is -2.42. The molecule has 1 fully saturated rings. The monoisotopic (exact) mass is 280 g/mol. The normalized spacial score (nSPS) is 26.4. The van der Waals surface area contributed by atoms with E-state index in [2.05, 4.69) is 44.9 Å². The highest BCUT2D eigenvalue weighted by molar-refractivity contribution is 7.09. The lowest BCUT2D eigenvalue weighted by molar-refractivity contribution is 0.124. The van der Waals surface area contributed by atoms with Crippen LogP contribution in [0.25, 0.3) is 0 Å². The van der Waals surface area contributed by atoms with Gasteiger partial charge in [-0.15, -0.1) is 11.3 Å². The van der Waals surface area contributed by atoms with E-state index in [-0.39, 0.29) is 0 Å². The number of hydrogen-bond donors (Lipinski definition) is 1. The summed E-state index contributed by atoms with van der Waals surface area (Å²) in [7, 11) is 0. The molecule has 0 amide bonds. The Hall–Kier alpha value is -0.410. The first-order chi connectivity index (χ1) is 8.89. The molecule has 0 spiro atoms. The van der Waals surface area contributed by atoms with E-state index in [9.17, 15) is 0 Å². The van der Waals surface area contributed by atoms with Gasteiger partial charge in [0.05, 0.1) is 11.2 Å². The lowest BCUT2D eigenvalue weighted by Crippen LogP contribution is -2.45. The van der Waals surface area contributed by atoms with E-state index in [0.29, 0.717) is 17.5 Å². The third-order valence-corrected chi connectivity index (χ3v) is 5.63. The van der Waals surface area contributed by atoms with E-state index in [0.717, 1.165) is 5.92 Å². The maximum Gasteiger partial charge on any atom is 0.0798 e. The molecule has 2 rings (SSSR count). The summed E-state index contributed by atoms with van der Waals surface area (Å²) in [5.74, 6) is 0.789. The minimum absolute atomic E-state index is 0.403. The molecular formula is C16H28N2S. The van der Waals surface area contributed by atoms with Crippen molar-refractivity contribution < 1.29 is 0 Å². The molecule has 3 atom stereocenters. The Kier molecular flexibility index (Phi) is 4.67. The van der Waals surface area contributed by atoms with E-state index in [4.69, 9.17) is 0 Å². The summed E-state index contributed by atoms with van der Waals surface area (Å²) in [5.41, 5.74) is 3.55. The van der Waals surface area contributed by atoms with Crippen LogP contribution in [0.4, 0.5) is 0 Å². The molecule has 1 aliphatic rings. The molecule has 108 valence electrons. The van der Waals surface area contributed by atoms with Gasteiger partial charge in [0.1, 0.15) is 0 Å². The molecule has 1 aliphatic carbocycles. The van der Waals surface area contributed by atoms with Crippen LogP contribution in [0.2, 0.25) is 0 Å². The molecule has 1 heterocycles. The predicted molar refractivity (Wildman–Crippen MR) is 83.6 cm³/mol. The van der Waals surface area contributed by atoms with Crippen LogP contribution in [0.5, 0.6) is 0 Å². The minimum Gasteiger partial charge on any atom is -0.306 e. The Morgan fingerprint density at radius 3 is 2.58 bits per heavy atom. The summed E-state index contributed by atoms with van der Waals surface area (Å²) < 4.78 is 0. The highest BCUT2D eigenvalue weighted by atomic mass is 32.1. The van der Waals surface area contributed by atoms with E-state index in [1.807, 2.05) is 5.51 Å². The third-order valence-electron chi connectivity index (χ3n) is 4.52. The van der Waals surface area contributed by atoms with E-state index in [1.165, 1.54) is 36.3 Å². The zero-order valence-corrected chi connectivity index (χ0v) is 13.8. The van der Waals surface area contributed by atoms with Crippen molar-refractivity contribution in [3.63, 3.8) is 0 Å². The largest absolute Gasteiger partial charge is 0.306 e. The third kappa shape index (κ3) is 3.57. The van der Waals surface area contributed by atoms with Crippen molar-refractivity contribution in [2.24, 2.45) is 11.3 Å². The highest BCUT2D eigenvalue weighted by Gasteiger charge is 2.34. The highest BCUT2D eigenvalue weighted by Crippen LogP contribution is 2.39. The maximum absolute atomic E-state index is 4.38. The second-order valence-electron chi connectivity index (χ2n) is 7.05. The van der Waals surface area contributed by atoms with Crippen LogP contribution in [0.3, 0.4) is 0 Å². The van der Waals surface area contributed by atoms with Gasteiger partial charge in [0.2, 0.25) is 0 Å². The van der Waals surface area contributed by atoms with Crippen LogP contribution in [0, 0.1) is 18.3 Å². The first-order valence-corrected chi connectivity index (χ1v) is 8.43. The van der Waals surface area contributed by atoms with Crippen molar-refractivity contribution in [2.45, 2.75) is 72.4 Å². The Morgan fingerprint density at radius 1 is 1.32 bits per heavy atom. The Labute approximate surface area is 122 Å². The summed E-state index contributed by atoms with van der Waals surface area (Å²) in [5, 5.41) is 3.89. The zero-order chi connectivity index (χ0) is 14.0. The summed E-state index contributed by atoms with van der Waals surface area (Å²) in [6, 6.07) is 1.09. The molecular weight excluding hydrogens is 252 g/mol. The molecule has 2 nitrogen and oxygen atoms in total. The van der Waals surface area contributed by atoms with Crippen LogP contribution in [-0.2, 0) is 0 Å². The number of nitrogens with one attached hydrogen (secondary N) is 1. The summed E-state index contributed by atoms with van der Waals surface area (Å²) in [6.07, 6.45) is 5.46. The first kappa shape index (κ1) is 15.0. The number of rotatable bonds is 3. The van der Waals surface area contributed by atoms with Gasteiger partial charge in [-0.05, 0) is 38.0 Å². The average Bonchev–Trinajstić information content (AvgIpc) is 2.75. The Bertz CT molecular complexity index is 405. The number of aromatic nitrogens is 1. The van der Waals surface area contributed by atoms with E-state index in [1.54, 1.807) is 11.3 Å². The minimum atomic E-state index is 0.403. The van der Waals surface area contributed by atoms with Gasteiger partial charge in [-0.3, -0.25) is 0 Å². The van der Waals surface area contributed by atoms with Crippen molar-refractivity contribution in [3.8, 4) is 0 Å². The maximum atomic E-state index is 4.38. The van der Waals surface area contributed by atoms with Gasteiger partial charge in [-0.25, -0.2) is 4.98 Å². The fourth-order valence-corrected chi connectivity index (χ4v) is 4.31. The van der Waals surface area contributed by atoms with Gasteiger partial charge in [0.15, 0.2) is 0 Å². The van der Waals surface area contributed by atoms with Crippen LogP contribution >= 0.6 is 11.3 Å². The van der Waals surface area contributed by atoms with Gasteiger partial charge in [-0.1, -0.05) is 33.6 Å². The molecule has 19 heavy (non-hydrogen) atoms. The number of nitrogens with zero attached hydrogens (tertiary/aromatic N) is 1. The molecule has 0 saturated heterocycles. The molecule has 0 bridgehead atoms. The van der Waals surface area contributed by atoms with Crippen molar-refractivity contribution in [1.82, 2.24) is 10.3 Å². The van der Waals surface area contributed by atoms with Crippen molar-refractivity contribution >= 4 is 11.3 Å². The number of aryl methyl sites for hydroxylation is 1. The van der Waals surface area contributed by atoms with Crippen LogP contribution < -0.4 is 5.32 Å². The Balaban J connectivity index is 2.06. The van der Waals surface area contributed by atoms with E-state index >= 15 is 0 Å². The Morgan fingerprint density at radius 2 is 2.00 bits per heavy atom. The summed E-state index contributed by atoms with van der Waals surface area (Å²) in [6.45, 7) is 11.6. The van der Waals surface area contributed by atoms with Crippen LogP contribution in [-0.4, -0.2) is 11.0 Å².